The molecule has 5 heteroatoms. The van der Waals surface area contributed by atoms with Gasteiger partial charge in [-0.2, -0.15) is 0 Å². The van der Waals surface area contributed by atoms with E-state index in [-0.39, 0.29) is 29.4 Å². The van der Waals surface area contributed by atoms with E-state index in [0.29, 0.717) is 6.54 Å². The molecule has 1 aromatic carbocycles. The van der Waals surface area contributed by atoms with E-state index < -0.39 is 0 Å². The van der Waals surface area contributed by atoms with Gasteiger partial charge in [0.25, 0.3) is 0 Å². The third-order valence-electron chi connectivity index (χ3n) is 3.52. The molecule has 2 N–H and O–H groups in total. The number of halogens is 2. The molecule has 0 aliphatic heterocycles. The van der Waals surface area contributed by atoms with Crippen LogP contribution in [0.15, 0.2) is 41.9 Å². The molecule has 1 aliphatic carbocycles. The monoisotopic (exact) mass is 405 g/mol. The zero-order valence-corrected chi connectivity index (χ0v) is 14.7. The smallest absolute Gasteiger partial charge is 0.191 e. The summed E-state index contributed by atoms with van der Waals surface area (Å²) in [4.78, 5) is 4.19. The minimum atomic E-state index is 0. The highest BCUT2D eigenvalue weighted by Gasteiger charge is 2.44. The lowest BCUT2D eigenvalue weighted by Gasteiger charge is -2.19. The first kappa shape index (κ1) is 17.3. The molecule has 0 heterocycles. The Hall–Kier alpha value is -0.750. The first-order valence-electron chi connectivity index (χ1n) is 6.52. The lowest BCUT2D eigenvalue weighted by atomic mass is 9.96. The zero-order chi connectivity index (χ0) is 13.7. The number of rotatable bonds is 5. The van der Waals surface area contributed by atoms with E-state index in [9.17, 15) is 0 Å². The summed E-state index contributed by atoms with van der Waals surface area (Å²) in [5.41, 5.74) is 1.53. The summed E-state index contributed by atoms with van der Waals surface area (Å²) in [5, 5.41) is 7.35. The van der Waals surface area contributed by atoms with Gasteiger partial charge in [0.05, 0.1) is 0 Å². The highest BCUT2D eigenvalue weighted by Crippen LogP contribution is 2.48. The molecule has 110 valence electrons. The second kappa shape index (κ2) is 7.88. The molecule has 20 heavy (non-hydrogen) atoms. The largest absolute Gasteiger partial charge is 0.356 e. The van der Waals surface area contributed by atoms with E-state index in [1.54, 1.807) is 7.05 Å². The van der Waals surface area contributed by atoms with Gasteiger partial charge in [-0.3, -0.25) is 4.99 Å². The summed E-state index contributed by atoms with van der Waals surface area (Å²) in [7, 11) is 1.78. The van der Waals surface area contributed by atoms with Crippen molar-refractivity contribution >= 4 is 41.5 Å². The third kappa shape index (κ3) is 4.38. The van der Waals surface area contributed by atoms with Gasteiger partial charge in [-0.15, -0.1) is 30.6 Å². The summed E-state index contributed by atoms with van der Waals surface area (Å²) >= 11 is 6.07. The van der Waals surface area contributed by atoms with Crippen molar-refractivity contribution in [3.05, 3.63) is 47.5 Å². The van der Waals surface area contributed by atoms with E-state index in [2.05, 4.69) is 34.3 Å². The second-order valence-corrected chi connectivity index (χ2v) is 5.32. The molecular formula is C15H21ClIN3. The Morgan fingerprint density at radius 1 is 1.45 bits per heavy atom. The van der Waals surface area contributed by atoms with Gasteiger partial charge in [0.2, 0.25) is 0 Å². The van der Waals surface area contributed by atoms with E-state index in [1.165, 1.54) is 18.4 Å². The topological polar surface area (TPSA) is 36.4 Å². The Morgan fingerprint density at radius 3 is 2.75 bits per heavy atom. The summed E-state index contributed by atoms with van der Waals surface area (Å²) in [6.07, 6.45) is 4.20. The summed E-state index contributed by atoms with van der Waals surface area (Å²) in [6, 6.07) is 8.15. The van der Waals surface area contributed by atoms with Crippen molar-refractivity contribution in [2.24, 2.45) is 4.99 Å². The number of aliphatic imine (C=N–C) groups is 1. The maximum absolute atomic E-state index is 6.07. The van der Waals surface area contributed by atoms with Crippen molar-refractivity contribution in [2.45, 2.75) is 18.3 Å². The van der Waals surface area contributed by atoms with Gasteiger partial charge in [0.15, 0.2) is 5.96 Å². The van der Waals surface area contributed by atoms with Crippen LogP contribution in [0.4, 0.5) is 0 Å². The Morgan fingerprint density at radius 2 is 2.20 bits per heavy atom. The minimum Gasteiger partial charge on any atom is -0.356 e. The van der Waals surface area contributed by atoms with Gasteiger partial charge in [-0.25, -0.2) is 0 Å². The van der Waals surface area contributed by atoms with Gasteiger partial charge in [-0.05, 0) is 30.5 Å². The molecule has 0 atom stereocenters. The highest BCUT2D eigenvalue weighted by atomic mass is 127. The number of hydrogen-bond acceptors (Lipinski definition) is 1. The van der Waals surface area contributed by atoms with Gasteiger partial charge in [0, 0.05) is 30.6 Å². The normalized spacial score (nSPS) is 16.0. The average molecular weight is 406 g/mol. The molecule has 1 aliphatic rings. The molecule has 0 aromatic heterocycles. The number of nitrogens with zero attached hydrogens (tertiary/aromatic N) is 1. The van der Waals surface area contributed by atoms with Crippen LogP contribution in [0.25, 0.3) is 0 Å². The SMILES string of the molecule is C=CCNC(=NC)NCC1(c2cccc(Cl)c2)CC1.I. The molecule has 2 rings (SSSR count). The van der Waals surface area contributed by atoms with Gasteiger partial charge >= 0.3 is 0 Å². The summed E-state index contributed by atoms with van der Waals surface area (Å²) < 4.78 is 0. The summed E-state index contributed by atoms with van der Waals surface area (Å²) in [6.45, 7) is 5.28. The Labute approximate surface area is 142 Å². The van der Waals surface area contributed by atoms with Crippen LogP contribution >= 0.6 is 35.6 Å². The van der Waals surface area contributed by atoms with Gasteiger partial charge in [0.1, 0.15) is 0 Å². The summed E-state index contributed by atoms with van der Waals surface area (Å²) in [5.74, 6) is 0.813. The van der Waals surface area contributed by atoms with Crippen molar-refractivity contribution in [3.8, 4) is 0 Å². The molecular weight excluding hydrogens is 385 g/mol. The van der Waals surface area contributed by atoms with Crippen LogP contribution in [0.2, 0.25) is 5.02 Å². The average Bonchev–Trinajstić information content (AvgIpc) is 3.20. The molecule has 1 saturated carbocycles. The van der Waals surface area contributed by atoms with E-state index in [1.807, 2.05) is 18.2 Å². The van der Waals surface area contributed by atoms with Crippen LogP contribution in [-0.2, 0) is 5.41 Å². The van der Waals surface area contributed by atoms with Crippen molar-refractivity contribution < 1.29 is 0 Å². The molecule has 0 unspecified atom stereocenters. The lowest BCUT2D eigenvalue weighted by Crippen LogP contribution is -2.41. The van der Waals surface area contributed by atoms with Crippen LogP contribution in [-0.4, -0.2) is 26.1 Å². The maximum atomic E-state index is 6.07. The van der Waals surface area contributed by atoms with E-state index >= 15 is 0 Å². The van der Waals surface area contributed by atoms with Crippen LogP contribution in [0.3, 0.4) is 0 Å². The predicted molar refractivity (Wildman–Crippen MR) is 97.3 cm³/mol. The Kier molecular flexibility index (Phi) is 6.82. The number of hydrogen-bond donors (Lipinski definition) is 2. The molecule has 0 radical (unpaired) electrons. The van der Waals surface area contributed by atoms with Gasteiger partial charge in [-0.1, -0.05) is 29.8 Å². The van der Waals surface area contributed by atoms with Crippen LogP contribution < -0.4 is 10.6 Å². The molecule has 3 nitrogen and oxygen atoms in total. The Bertz CT molecular complexity index is 484. The molecule has 0 saturated heterocycles. The number of benzene rings is 1. The fourth-order valence-electron chi connectivity index (χ4n) is 2.18. The van der Waals surface area contributed by atoms with Crippen molar-refractivity contribution in [1.29, 1.82) is 0 Å². The Balaban J connectivity index is 0.00000200. The van der Waals surface area contributed by atoms with Crippen molar-refractivity contribution in [2.75, 3.05) is 20.1 Å². The van der Waals surface area contributed by atoms with Crippen LogP contribution in [0.5, 0.6) is 0 Å². The van der Waals surface area contributed by atoms with E-state index in [0.717, 1.165) is 17.5 Å². The van der Waals surface area contributed by atoms with Crippen LogP contribution in [0, 0.1) is 0 Å². The van der Waals surface area contributed by atoms with Gasteiger partial charge < -0.3 is 10.6 Å². The van der Waals surface area contributed by atoms with Crippen LogP contribution in [0.1, 0.15) is 18.4 Å². The first-order chi connectivity index (χ1) is 9.20. The quantitative estimate of drug-likeness (QED) is 0.341. The zero-order valence-electron chi connectivity index (χ0n) is 11.7. The molecule has 1 fully saturated rings. The molecule has 0 spiro atoms. The first-order valence-corrected chi connectivity index (χ1v) is 6.89. The molecule has 0 bridgehead atoms. The highest BCUT2D eigenvalue weighted by molar-refractivity contribution is 14.0. The second-order valence-electron chi connectivity index (χ2n) is 4.89. The fourth-order valence-corrected chi connectivity index (χ4v) is 2.37. The van der Waals surface area contributed by atoms with Crippen molar-refractivity contribution in [1.82, 2.24) is 10.6 Å². The molecule has 0 amide bonds. The lowest BCUT2D eigenvalue weighted by molar-refractivity contribution is 0.649. The number of nitrogens with one attached hydrogen (secondary N) is 2. The standard InChI is InChI=1S/C15H20ClN3.HI/c1-3-9-18-14(17-2)19-11-15(7-8-15)12-5-4-6-13(16)10-12;/h3-6,10H,1,7-9,11H2,2H3,(H2,17,18,19);1H. The fraction of sp³-hybridized carbons (Fsp3) is 0.400. The third-order valence-corrected chi connectivity index (χ3v) is 3.76. The van der Waals surface area contributed by atoms with E-state index in [4.69, 9.17) is 11.6 Å². The van der Waals surface area contributed by atoms with Crippen molar-refractivity contribution in [3.63, 3.8) is 0 Å². The maximum Gasteiger partial charge on any atom is 0.191 e. The predicted octanol–water partition coefficient (Wildman–Crippen LogP) is 3.34. The minimum absolute atomic E-state index is 0. The molecule has 1 aromatic rings. The number of guanidine groups is 1.